The van der Waals surface area contributed by atoms with Crippen molar-refractivity contribution >= 4 is 35.8 Å². The van der Waals surface area contributed by atoms with Crippen LogP contribution in [-0.2, 0) is 11.3 Å². The van der Waals surface area contributed by atoms with Crippen LogP contribution in [0.5, 0.6) is 0 Å². The first-order chi connectivity index (χ1) is 12.8. The molecular weight excluding hydrogens is 353 g/mol. The lowest BCUT2D eigenvalue weighted by atomic mass is 9.92. The summed E-state index contributed by atoms with van der Waals surface area (Å²) in [5, 5.41) is 7.76. The fourth-order valence-electron chi connectivity index (χ4n) is 2.77. The summed E-state index contributed by atoms with van der Waals surface area (Å²) in [7, 11) is 1.92. The van der Waals surface area contributed by atoms with Crippen molar-refractivity contribution in [1.29, 1.82) is 0 Å². The van der Waals surface area contributed by atoms with Crippen LogP contribution < -0.4 is 16.3 Å². The maximum Gasteiger partial charge on any atom is 0.275 e. The maximum absolute atomic E-state index is 13.6. The van der Waals surface area contributed by atoms with Gasteiger partial charge in [-0.15, -0.1) is 0 Å². The quantitative estimate of drug-likeness (QED) is 0.698. The van der Waals surface area contributed by atoms with Crippen LogP contribution in [-0.4, -0.2) is 28.5 Å². The van der Waals surface area contributed by atoms with Crippen LogP contribution in [0.15, 0.2) is 35.3 Å². The Morgan fingerprint density at radius 3 is 2.67 bits per heavy atom. The number of carbonyl (C=O) groups excluding carboxylic acids is 1. The van der Waals surface area contributed by atoms with E-state index in [4.69, 9.17) is 0 Å². The number of hydrogen-bond acceptors (Lipinski definition) is 4. The molecule has 0 aliphatic carbocycles. The monoisotopic (exact) mass is 370 g/mol. The number of carbonyl (C=O) groups is 1. The molecule has 6 nitrogen and oxygen atoms in total. The van der Waals surface area contributed by atoms with Gasteiger partial charge >= 0.3 is 0 Å². The Labute approximate surface area is 154 Å². The van der Waals surface area contributed by atoms with Crippen molar-refractivity contribution in [2.24, 2.45) is 0 Å². The standard InChI is InChI=1S/C18H17BF2N4O2/c1-9(2)16-13-5-10(19)3-4-12(13)18(27)25(24-16)8-15(26)23-17-14(21)6-11(20)7-22-17/h3-7,9H,8,19H2,1-2H3,(H,22,23,26). The van der Waals surface area contributed by atoms with Crippen molar-refractivity contribution in [2.45, 2.75) is 26.3 Å². The molecule has 138 valence electrons. The molecule has 0 radical (unpaired) electrons. The van der Waals surface area contributed by atoms with Gasteiger partial charge in [-0.2, -0.15) is 5.10 Å². The predicted molar refractivity (Wildman–Crippen MR) is 101 cm³/mol. The number of fused-ring (bicyclic) bond motifs is 1. The van der Waals surface area contributed by atoms with E-state index in [9.17, 15) is 18.4 Å². The van der Waals surface area contributed by atoms with Gasteiger partial charge in [0.1, 0.15) is 20.2 Å². The number of rotatable bonds is 4. The molecule has 1 N–H and O–H groups in total. The van der Waals surface area contributed by atoms with Crippen molar-refractivity contribution in [3.05, 3.63) is 58.1 Å². The zero-order valence-electron chi connectivity index (χ0n) is 15.1. The van der Waals surface area contributed by atoms with Crippen LogP contribution in [0.25, 0.3) is 10.8 Å². The minimum absolute atomic E-state index is 0.0282. The third kappa shape index (κ3) is 3.86. The summed E-state index contributed by atoms with van der Waals surface area (Å²) >= 11 is 0. The van der Waals surface area contributed by atoms with Gasteiger partial charge in [-0.25, -0.2) is 18.4 Å². The minimum atomic E-state index is -1.000. The zero-order chi connectivity index (χ0) is 19.7. The number of anilines is 1. The summed E-state index contributed by atoms with van der Waals surface area (Å²) < 4.78 is 27.6. The second-order valence-corrected chi connectivity index (χ2v) is 6.58. The van der Waals surface area contributed by atoms with Crippen LogP contribution in [0.4, 0.5) is 14.6 Å². The molecular formula is C18H17BF2N4O2. The number of hydrogen-bond donors (Lipinski definition) is 1. The molecule has 0 atom stereocenters. The van der Waals surface area contributed by atoms with Gasteiger partial charge in [-0.05, 0) is 12.0 Å². The van der Waals surface area contributed by atoms with Gasteiger partial charge in [0.25, 0.3) is 5.56 Å². The molecule has 0 unspecified atom stereocenters. The third-order valence-corrected chi connectivity index (χ3v) is 4.05. The Balaban J connectivity index is 1.97. The molecule has 2 heterocycles. The highest BCUT2D eigenvalue weighted by Crippen LogP contribution is 2.20. The van der Waals surface area contributed by atoms with Gasteiger partial charge in [0, 0.05) is 11.5 Å². The van der Waals surface area contributed by atoms with E-state index in [1.54, 1.807) is 6.07 Å². The molecule has 27 heavy (non-hydrogen) atoms. The van der Waals surface area contributed by atoms with Crippen LogP contribution in [0.3, 0.4) is 0 Å². The van der Waals surface area contributed by atoms with E-state index in [0.29, 0.717) is 17.1 Å². The molecule has 1 amide bonds. The normalized spacial score (nSPS) is 11.1. The number of amides is 1. The fraction of sp³-hybridized carbons (Fsp3) is 0.222. The van der Waals surface area contributed by atoms with E-state index >= 15 is 0 Å². The maximum atomic E-state index is 13.6. The average Bonchev–Trinajstić information content (AvgIpc) is 2.59. The van der Waals surface area contributed by atoms with Gasteiger partial charge in [-0.3, -0.25) is 9.59 Å². The third-order valence-electron chi connectivity index (χ3n) is 4.05. The first-order valence-electron chi connectivity index (χ1n) is 8.38. The number of nitrogens with zero attached hydrogens (tertiary/aromatic N) is 3. The first-order valence-corrected chi connectivity index (χ1v) is 8.38. The first kappa shape index (κ1) is 18.7. The summed E-state index contributed by atoms with van der Waals surface area (Å²) in [5.41, 5.74) is 1.27. The molecule has 0 bridgehead atoms. The van der Waals surface area contributed by atoms with Crippen molar-refractivity contribution in [2.75, 3.05) is 5.32 Å². The summed E-state index contributed by atoms with van der Waals surface area (Å²) in [4.78, 5) is 28.4. The summed E-state index contributed by atoms with van der Waals surface area (Å²) in [5.74, 6) is -2.92. The van der Waals surface area contributed by atoms with Gasteiger partial charge in [0.05, 0.1) is 17.3 Å². The smallest absolute Gasteiger partial charge is 0.275 e. The SMILES string of the molecule is Bc1ccc2c(=O)n(CC(=O)Nc3ncc(F)cc3F)nc(C(C)C)c2c1. The topological polar surface area (TPSA) is 76.9 Å². The molecule has 0 aliphatic heterocycles. The summed E-state index contributed by atoms with van der Waals surface area (Å²) in [6.45, 7) is 3.47. The lowest BCUT2D eigenvalue weighted by molar-refractivity contribution is -0.117. The zero-order valence-corrected chi connectivity index (χ0v) is 15.1. The number of halogens is 2. The molecule has 2 aromatic heterocycles. The highest BCUT2D eigenvalue weighted by molar-refractivity contribution is 6.33. The lowest BCUT2D eigenvalue weighted by Gasteiger charge is -2.14. The number of pyridine rings is 1. The van der Waals surface area contributed by atoms with Crippen LogP contribution in [0, 0.1) is 11.6 Å². The molecule has 0 saturated carbocycles. The van der Waals surface area contributed by atoms with Gasteiger partial charge < -0.3 is 5.32 Å². The van der Waals surface area contributed by atoms with Crippen molar-refractivity contribution in [1.82, 2.24) is 14.8 Å². The van der Waals surface area contributed by atoms with Crippen LogP contribution in [0.2, 0.25) is 0 Å². The minimum Gasteiger partial charge on any atom is -0.307 e. The largest absolute Gasteiger partial charge is 0.307 e. The Hall–Kier alpha value is -3.10. The molecule has 3 aromatic rings. The Morgan fingerprint density at radius 1 is 1.26 bits per heavy atom. The highest BCUT2D eigenvalue weighted by Gasteiger charge is 2.16. The second kappa shape index (κ2) is 7.26. The molecule has 0 aliphatic rings. The van der Waals surface area contributed by atoms with Gasteiger partial charge in [0.15, 0.2) is 11.6 Å². The fourth-order valence-corrected chi connectivity index (χ4v) is 2.77. The average molecular weight is 370 g/mol. The van der Waals surface area contributed by atoms with Gasteiger partial charge in [0.2, 0.25) is 5.91 Å². The van der Waals surface area contributed by atoms with Crippen molar-refractivity contribution in [3.8, 4) is 0 Å². The van der Waals surface area contributed by atoms with Crippen molar-refractivity contribution in [3.63, 3.8) is 0 Å². The van der Waals surface area contributed by atoms with E-state index in [0.717, 1.165) is 21.7 Å². The van der Waals surface area contributed by atoms with E-state index in [2.05, 4.69) is 15.4 Å². The highest BCUT2D eigenvalue weighted by atomic mass is 19.1. The van der Waals surface area contributed by atoms with E-state index < -0.39 is 35.5 Å². The molecule has 9 heteroatoms. The summed E-state index contributed by atoms with van der Waals surface area (Å²) in [6, 6.07) is 6.02. The Bertz CT molecular complexity index is 1100. The molecule has 0 saturated heterocycles. The number of nitrogens with one attached hydrogen (secondary N) is 1. The van der Waals surface area contributed by atoms with Gasteiger partial charge in [-0.1, -0.05) is 31.4 Å². The van der Waals surface area contributed by atoms with E-state index in [-0.39, 0.29) is 5.92 Å². The molecule has 1 aromatic carbocycles. The lowest BCUT2D eigenvalue weighted by Crippen LogP contribution is -2.31. The molecule has 3 rings (SSSR count). The number of aromatic nitrogens is 3. The Kier molecular flexibility index (Phi) is 5.03. The van der Waals surface area contributed by atoms with Crippen LogP contribution in [0.1, 0.15) is 25.5 Å². The van der Waals surface area contributed by atoms with Crippen molar-refractivity contribution < 1.29 is 13.6 Å². The summed E-state index contributed by atoms with van der Waals surface area (Å²) in [6.07, 6.45) is 0.790. The second-order valence-electron chi connectivity index (χ2n) is 6.58. The molecule has 0 fully saturated rings. The van der Waals surface area contributed by atoms with E-state index in [1.165, 1.54) is 0 Å². The number of benzene rings is 1. The van der Waals surface area contributed by atoms with E-state index in [1.807, 2.05) is 33.8 Å². The Morgan fingerprint density at radius 2 is 2.00 bits per heavy atom. The predicted octanol–water partition coefficient (Wildman–Crippen LogP) is 1.09. The van der Waals surface area contributed by atoms with Crippen LogP contribution >= 0.6 is 0 Å². The molecule has 0 spiro atoms.